The molecule has 1 heterocycles. The van der Waals surface area contributed by atoms with Crippen molar-refractivity contribution in [3.05, 3.63) is 27.4 Å². The lowest BCUT2D eigenvalue weighted by molar-refractivity contribution is 0.492. The SMILES string of the molecule is CC(C1CC1)n1c(=S)[nH]c2ccc(Br)cc21. The summed E-state index contributed by atoms with van der Waals surface area (Å²) < 4.78 is 4.20. The molecule has 0 bridgehead atoms. The second-order valence-corrected chi connectivity index (χ2v) is 5.84. The van der Waals surface area contributed by atoms with Gasteiger partial charge in [0.1, 0.15) is 0 Å². The molecule has 1 unspecified atom stereocenters. The molecule has 1 saturated carbocycles. The first kappa shape index (κ1) is 10.5. The number of rotatable bonds is 2. The molecule has 0 amide bonds. The zero-order valence-electron chi connectivity index (χ0n) is 9.03. The largest absolute Gasteiger partial charge is 0.331 e. The van der Waals surface area contributed by atoms with Crippen LogP contribution in [0, 0.1) is 10.7 Å². The third-order valence-electron chi connectivity index (χ3n) is 3.39. The average molecular weight is 297 g/mol. The average Bonchev–Trinajstić information content (AvgIpc) is 3.01. The van der Waals surface area contributed by atoms with Gasteiger partial charge in [0.15, 0.2) is 4.77 Å². The number of hydrogen-bond acceptors (Lipinski definition) is 1. The number of nitrogens with one attached hydrogen (secondary N) is 1. The monoisotopic (exact) mass is 296 g/mol. The van der Waals surface area contributed by atoms with E-state index in [1.807, 2.05) is 6.07 Å². The molecular formula is C12H13BrN2S. The highest BCUT2D eigenvalue weighted by molar-refractivity contribution is 9.10. The van der Waals surface area contributed by atoms with E-state index < -0.39 is 0 Å². The van der Waals surface area contributed by atoms with Gasteiger partial charge in [-0.25, -0.2) is 0 Å². The van der Waals surface area contributed by atoms with Gasteiger partial charge < -0.3 is 9.55 Å². The van der Waals surface area contributed by atoms with Crippen molar-refractivity contribution in [3.63, 3.8) is 0 Å². The molecule has 1 aliphatic carbocycles. The molecule has 1 fully saturated rings. The van der Waals surface area contributed by atoms with Crippen molar-refractivity contribution in [2.75, 3.05) is 0 Å². The summed E-state index contributed by atoms with van der Waals surface area (Å²) in [4.78, 5) is 3.27. The zero-order valence-corrected chi connectivity index (χ0v) is 11.4. The van der Waals surface area contributed by atoms with E-state index in [0.717, 1.165) is 20.7 Å². The number of aromatic amines is 1. The summed E-state index contributed by atoms with van der Waals surface area (Å²) in [5, 5.41) is 0. The van der Waals surface area contributed by atoms with Crippen molar-refractivity contribution in [2.24, 2.45) is 5.92 Å². The van der Waals surface area contributed by atoms with Crippen LogP contribution in [-0.4, -0.2) is 9.55 Å². The van der Waals surface area contributed by atoms with Crippen LogP contribution in [0.15, 0.2) is 22.7 Å². The minimum atomic E-state index is 0.510. The van der Waals surface area contributed by atoms with Gasteiger partial charge in [-0.05, 0) is 56.1 Å². The second-order valence-electron chi connectivity index (χ2n) is 4.54. The predicted octanol–water partition coefficient (Wildman–Crippen LogP) is 4.43. The molecule has 2 aromatic rings. The first-order valence-corrected chi connectivity index (χ1v) is 6.76. The lowest BCUT2D eigenvalue weighted by Crippen LogP contribution is -2.06. The first-order valence-electron chi connectivity index (χ1n) is 5.56. The highest BCUT2D eigenvalue weighted by Gasteiger charge is 2.30. The van der Waals surface area contributed by atoms with Crippen LogP contribution in [-0.2, 0) is 0 Å². The summed E-state index contributed by atoms with van der Waals surface area (Å²) in [5.41, 5.74) is 2.33. The standard InChI is InChI=1S/C12H13BrN2S/c1-7(8-2-3-8)15-11-6-9(13)4-5-10(11)14-12(15)16/h4-8H,2-3H2,1H3,(H,14,16). The van der Waals surface area contributed by atoms with Gasteiger partial charge >= 0.3 is 0 Å². The van der Waals surface area contributed by atoms with Crippen molar-refractivity contribution < 1.29 is 0 Å². The first-order chi connectivity index (χ1) is 7.66. The maximum absolute atomic E-state index is 5.41. The molecule has 3 rings (SSSR count). The van der Waals surface area contributed by atoms with E-state index in [-0.39, 0.29) is 0 Å². The van der Waals surface area contributed by atoms with E-state index in [2.05, 4.69) is 44.5 Å². The number of aromatic nitrogens is 2. The third-order valence-corrected chi connectivity index (χ3v) is 4.18. The summed E-state index contributed by atoms with van der Waals surface area (Å²) in [6.45, 7) is 2.27. The number of nitrogens with zero attached hydrogens (tertiary/aromatic N) is 1. The third kappa shape index (κ3) is 1.64. The van der Waals surface area contributed by atoms with Crippen molar-refractivity contribution >= 4 is 39.2 Å². The van der Waals surface area contributed by atoms with Gasteiger partial charge in [0, 0.05) is 10.5 Å². The van der Waals surface area contributed by atoms with Crippen LogP contribution in [0.1, 0.15) is 25.8 Å². The number of halogens is 1. The normalized spacial score (nSPS) is 17.9. The van der Waals surface area contributed by atoms with E-state index in [1.165, 1.54) is 18.4 Å². The number of hydrogen-bond donors (Lipinski definition) is 1. The van der Waals surface area contributed by atoms with Crippen molar-refractivity contribution in [2.45, 2.75) is 25.8 Å². The Hall–Kier alpha value is -0.610. The molecule has 84 valence electrons. The summed E-state index contributed by atoms with van der Waals surface area (Å²) in [7, 11) is 0. The van der Waals surface area contributed by atoms with Gasteiger partial charge in [-0.1, -0.05) is 15.9 Å². The Kier molecular flexibility index (Phi) is 2.44. The van der Waals surface area contributed by atoms with E-state index in [4.69, 9.17) is 12.2 Å². The minimum absolute atomic E-state index is 0.510. The second kappa shape index (κ2) is 3.70. The lowest BCUT2D eigenvalue weighted by Gasteiger charge is -2.13. The Morgan fingerprint density at radius 1 is 1.50 bits per heavy atom. The highest BCUT2D eigenvalue weighted by Crippen LogP contribution is 2.40. The summed E-state index contributed by atoms with van der Waals surface area (Å²) in [6, 6.07) is 6.77. The Morgan fingerprint density at radius 3 is 2.94 bits per heavy atom. The van der Waals surface area contributed by atoms with Crippen LogP contribution in [0.25, 0.3) is 11.0 Å². The van der Waals surface area contributed by atoms with Crippen LogP contribution in [0.4, 0.5) is 0 Å². The molecule has 1 atom stereocenters. The fourth-order valence-corrected chi connectivity index (χ4v) is 3.01. The summed E-state index contributed by atoms with van der Waals surface area (Å²) in [6.07, 6.45) is 2.67. The molecule has 0 aliphatic heterocycles. The van der Waals surface area contributed by atoms with E-state index >= 15 is 0 Å². The smallest absolute Gasteiger partial charge is 0.178 e. The molecule has 16 heavy (non-hydrogen) atoms. The number of imidazole rings is 1. The molecule has 0 spiro atoms. The Bertz CT molecular complexity index is 595. The number of H-pyrrole nitrogens is 1. The van der Waals surface area contributed by atoms with Crippen molar-refractivity contribution in [1.29, 1.82) is 0 Å². The maximum atomic E-state index is 5.41. The van der Waals surface area contributed by atoms with Crippen molar-refractivity contribution in [3.8, 4) is 0 Å². The van der Waals surface area contributed by atoms with Gasteiger partial charge in [0.05, 0.1) is 11.0 Å². The molecule has 1 N–H and O–H groups in total. The fraction of sp³-hybridized carbons (Fsp3) is 0.417. The van der Waals surface area contributed by atoms with E-state index in [0.29, 0.717) is 6.04 Å². The molecule has 4 heteroatoms. The molecule has 1 aliphatic rings. The molecule has 1 aromatic carbocycles. The predicted molar refractivity (Wildman–Crippen MR) is 72.3 cm³/mol. The topological polar surface area (TPSA) is 20.7 Å². The van der Waals surface area contributed by atoms with Crippen LogP contribution in [0.2, 0.25) is 0 Å². The number of benzene rings is 1. The quantitative estimate of drug-likeness (QED) is 0.813. The highest BCUT2D eigenvalue weighted by atomic mass is 79.9. The van der Waals surface area contributed by atoms with Crippen molar-refractivity contribution in [1.82, 2.24) is 9.55 Å². The van der Waals surface area contributed by atoms with Crippen LogP contribution in [0.3, 0.4) is 0 Å². The van der Waals surface area contributed by atoms with Crippen LogP contribution in [0.5, 0.6) is 0 Å². The van der Waals surface area contributed by atoms with Crippen LogP contribution < -0.4 is 0 Å². The Morgan fingerprint density at radius 2 is 2.25 bits per heavy atom. The Balaban J connectivity index is 2.24. The van der Waals surface area contributed by atoms with E-state index in [9.17, 15) is 0 Å². The minimum Gasteiger partial charge on any atom is -0.331 e. The van der Waals surface area contributed by atoms with Gasteiger partial charge in [-0.15, -0.1) is 0 Å². The summed E-state index contributed by atoms with van der Waals surface area (Å²) >= 11 is 8.93. The fourth-order valence-electron chi connectivity index (χ4n) is 2.29. The number of fused-ring (bicyclic) bond motifs is 1. The molecule has 0 radical (unpaired) electrons. The van der Waals surface area contributed by atoms with Gasteiger partial charge in [0.25, 0.3) is 0 Å². The van der Waals surface area contributed by atoms with Gasteiger partial charge in [-0.2, -0.15) is 0 Å². The summed E-state index contributed by atoms with van der Waals surface area (Å²) in [5.74, 6) is 0.810. The Labute approximate surface area is 108 Å². The van der Waals surface area contributed by atoms with Gasteiger partial charge in [-0.3, -0.25) is 0 Å². The molecule has 0 saturated heterocycles. The zero-order chi connectivity index (χ0) is 11.3. The molecular weight excluding hydrogens is 284 g/mol. The van der Waals surface area contributed by atoms with E-state index in [1.54, 1.807) is 0 Å². The molecule has 1 aromatic heterocycles. The van der Waals surface area contributed by atoms with Gasteiger partial charge in [0.2, 0.25) is 0 Å². The molecule has 2 nitrogen and oxygen atoms in total. The lowest BCUT2D eigenvalue weighted by atomic mass is 10.2. The maximum Gasteiger partial charge on any atom is 0.178 e. The van der Waals surface area contributed by atoms with Crippen LogP contribution >= 0.6 is 28.1 Å².